The lowest BCUT2D eigenvalue weighted by molar-refractivity contribution is 0.167. The van der Waals surface area contributed by atoms with Gasteiger partial charge in [0.2, 0.25) is 0 Å². The van der Waals surface area contributed by atoms with E-state index in [0.717, 1.165) is 25.1 Å². The van der Waals surface area contributed by atoms with Gasteiger partial charge >= 0.3 is 0 Å². The van der Waals surface area contributed by atoms with Crippen molar-refractivity contribution in [3.05, 3.63) is 65.2 Å². The highest BCUT2D eigenvalue weighted by atomic mass is 16.3. The van der Waals surface area contributed by atoms with Gasteiger partial charge in [0.05, 0.1) is 0 Å². The van der Waals surface area contributed by atoms with E-state index in [1.54, 1.807) is 6.07 Å². The summed E-state index contributed by atoms with van der Waals surface area (Å²) in [6.07, 6.45) is 1.01. The molecule has 3 rings (SSSR count). The first-order valence-corrected chi connectivity index (χ1v) is 7.05. The van der Waals surface area contributed by atoms with E-state index in [0.29, 0.717) is 18.3 Å². The first-order chi connectivity index (χ1) is 9.76. The molecule has 0 amide bonds. The van der Waals surface area contributed by atoms with Crippen molar-refractivity contribution in [3.63, 3.8) is 0 Å². The number of fused-ring (bicyclic) bond motifs is 1. The zero-order valence-corrected chi connectivity index (χ0v) is 11.5. The van der Waals surface area contributed by atoms with Gasteiger partial charge in [-0.2, -0.15) is 0 Å². The van der Waals surface area contributed by atoms with Crippen LogP contribution in [0.3, 0.4) is 0 Å². The van der Waals surface area contributed by atoms with Crippen molar-refractivity contribution in [3.8, 4) is 5.75 Å². The molecule has 1 aliphatic heterocycles. The van der Waals surface area contributed by atoms with Crippen molar-refractivity contribution in [2.45, 2.75) is 25.6 Å². The highest BCUT2D eigenvalue weighted by molar-refractivity contribution is 5.31. The van der Waals surface area contributed by atoms with Gasteiger partial charge in [-0.25, -0.2) is 0 Å². The summed E-state index contributed by atoms with van der Waals surface area (Å²) in [6, 6.07) is 16.4. The number of nitrogens with two attached hydrogens (primary N) is 1. The largest absolute Gasteiger partial charge is 0.508 e. The Labute approximate surface area is 119 Å². The van der Waals surface area contributed by atoms with Crippen molar-refractivity contribution >= 4 is 0 Å². The van der Waals surface area contributed by atoms with E-state index in [4.69, 9.17) is 5.73 Å². The molecule has 2 aromatic rings. The molecular formula is C17H20N2O. The molecule has 1 aliphatic rings. The predicted molar refractivity (Wildman–Crippen MR) is 80.3 cm³/mol. The fraction of sp³-hybridized carbons (Fsp3) is 0.294. The van der Waals surface area contributed by atoms with Gasteiger partial charge in [-0.15, -0.1) is 0 Å². The Balaban J connectivity index is 1.82. The van der Waals surface area contributed by atoms with Gasteiger partial charge in [-0.1, -0.05) is 36.4 Å². The number of hydrogen-bond acceptors (Lipinski definition) is 3. The molecule has 1 atom stereocenters. The Bertz CT molecular complexity index is 597. The summed E-state index contributed by atoms with van der Waals surface area (Å²) in [7, 11) is 0. The smallest absolute Gasteiger partial charge is 0.115 e. The molecule has 20 heavy (non-hydrogen) atoms. The minimum Gasteiger partial charge on any atom is -0.508 e. The van der Waals surface area contributed by atoms with Crippen molar-refractivity contribution in [1.29, 1.82) is 0 Å². The van der Waals surface area contributed by atoms with E-state index in [-0.39, 0.29) is 0 Å². The molecule has 2 aromatic carbocycles. The summed E-state index contributed by atoms with van der Waals surface area (Å²) in [5, 5.41) is 9.58. The third-order valence-electron chi connectivity index (χ3n) is 4.03. The van der Waals surface area contributed by atoms with Crippen LogP contribution in [0.5, 0.6) is 5.75 Å². The Hall–Kier alpha value is -1.84. The van der Waals surface area contributed by atoms with Crippen LogP contribution >= 0.6 is 0 Å². The number of phenolic OH excluding ortho intramolecular Hbond substituents is 1. The number of nitrogens with zero attached hydrogens (tertiary/aromatic N) is 1. The molecule has 0 bridgehead atoms. The number of hydrogen-bond donors (Lipinski definition) is 2. The van der Waals surface area contributed by atoms with E-state index in [1.807, 2.05) is 18.2 Å². The van der Waals surface area contributed by atoms with Gasteiger partial charge in [-0.3, -0.25) is 4.90 Å². The van der Waals surface area contributed by atoms with E-state index in [1.165, 1.54) is 11.1 Å². The minimum absolute atomic E-state index is 0.323. The quantitative estimate of drug-likeness (QED) is 0.898. The lowest BCUT2D eigenvalue weighted by atomic mass is 9.93. The summed E-state index contributed by atoms with van der Waals surface area (Å²) >= 11 is 0. The Morgan fingerprint density at radius 2 is 1.90 bits per heavy atom. The maximum absolute atomic E-state index is 9.58. The van der Waals surface area contributed by atoms with Crippen molar-refractivity contribution < 1.29 is 5.11 Å². The van der Waals surface area contributed by atoms with Crippen LogP contribution in [0.1, 0.15) is 16.7 Å². The molecule has 0 saturated carbocycles. The van der Waals surface area contributed by atoms with E-state index in [9.17, 15) is 5.11 Å². The lowest BCUT2D eigenvalue weighted by Crippen LogP contribution is -2.44. The second-order valence-electron chi connectivity index (χ2n) is 5.44. The van der Waals surface area contributed by atoms with Gasteiger partial charge in [-0.05, 0) is 35.2 Å². The molecule has 1 heterocycles. The maximum Gasteiger partial charge on any atom is 0.115 e. The third kappa shape index (κ3) is 2.69. The molecule has 0 fully saturated rings. The first-order valence-electron chi connectivity index (χ1n) is 7.05. The molecule has 3 N–H and O–H groups in total. The monoisotopic (exact) mass is 268 g/mol. The highest BCUT2D eigenvalue weighted by Crippen LogP contribution is 2.25. The van der Waals surface area contributed by atoms with Gasteiger partial charge in [0, 0.05) is 25.7 Å². The Morgan fingerprint density at radius 3 is 2.65 bits per heavy atom. The van der Waals surface area contributed by atoms with Crippen LogP contribution in [0.2, 0.25) is 0 Å². The molecule has 0 saturated heterocycles. The van der Waals surface area contributed by atoms with Crippen molar-refractivity contribution in [2.75, 3.05) is 6.54 Å². The minimum atomic E-state index is 0.323. The third-order valence-corrected chi connectivity index (χ3v) is 4.03. The van der Waals surface area contributed by atoms with Gasteiger partial charge in [0.25, 0.3) is 0 Å². The van der Waals surface area contributed by atoms with Crippen LogP contribution in [0.15, 0.2) is 48.5 Å². The van der Waals surface area contributed by atoms with Gasteiger partial charge < -0.3 is 10.8 Å². The summed E-state index contributed by atoms with van der Waals surface area (Å²) in [5.41, 5.74) is 9.87. The average Bonchev–Trinajstić information content (AvgIpc) is 2.46. The van der Waals surface area contributed by atoms with Crippen LogP contribution in [-0.4, -0.2) is 22.6 Å². The predicted octanol–water partition coefficient (Wildman–Crippen LogP) is 2.28. The lowest BCUT2D eigenvalue weighted by Gasteiger charge is -2.36. The Kier molecular flexibility index (Phi) is 3.72. The van der Waals surface area contributed by atoms with E-state index in [2.05, 4.69) is 29.2 Å². The van der Waals surface area contributed by atoms with Crippen LogP contribution in [0.4, 0.5) is 0 Å². The number of aromatic hydroxyl groups is 1. The number of rotatable bonds is 3. The molecule has 0 aromatic heterocycles. The van der Waals surface area contributed by atoms with Gasteiger partial charge in [0.15, 0.2) is 0 Å². The van der Waals surface area contributed by atoms with Crippen LogP contribution in [-0.2, 0) is 19.5 Å². The first kappa shape index (κ1) is 13.2. The normalized spacial score (nSPS) is 18.8. The molecule has 1 unspecified atom stereocenters. The zero-order chi connectivity index (χ0) is 13.9. The van der Waals surface area contributed by atoms with Gasteiger partial charge in [0.1, 0.15) is 5.75 Å². The van der Waals surface area contributed by atoms with Crippen molar-refractivity contribution in [2.24, 2.45) is 5.73 Å². The Morgan fingerprint density at radius 1 is 1.10 bits per heavy atom. The van der Waals surface area contributed by atoms with Crippen molar-refractivity contribution in [1.82, 2.24) is 4.90 Å². The fourth-order valence-electron chi connectivity index (χ4n) is 2.95. The fourth-order valence-corrected chi connectivity index (χ4v) is 2.95. The summed E-state index contributed by atoms with van der Waals surface area (Å²) in [6.45, 7) is 2.41. The van der Waals surface area contributed by atoms with E-state index < -0.39 is 0 Å². The molecule has 0 spiro atoms. The second kappa shape index (κ2) is 5.65. The summed E-state index contributed by atoms with van der Waals surface area (Å²) < 4.78 is 0. The highest BCUT2D eigenvalue weighted by Gasteiger charge is 2.24. The zero-order valence-electron chi connectivity index (χ0n) is 11.5. The molecular weight excluding hydrogens is 248 g/mol. The molecule has 0 aliphatic carbocycles. The van der Waals surface area contributed by atoms with Crippen LogP contribution < -0.4 is 5.73 Å². The second-order valence-corrected chi connectivity index (χ2v) is 5.44. The summed E-state index contributed by atoms with van der Waals surface area (Å²) in [4.78, 5) is 2.40. The SMILES string of the molecule is NCC1Cc2ccccc2CN1Cc1cccc(O)c1. The van der Waals surface area contributed by atoms with E-state index >= 15 is 0 Å². The molecule has 0 radical (unpaired) electrons. The standard InChI is InChI=1S/C17H20N2O/c18-10-16-9-14-5-1-2-6-15(14)12-19(16)11-13-4-3-7-17(20)8-13/h1-8,16,20H,9-12,18H2. The molecule has 3 heteroatoms. The molecule has 104 valence electrons. The van der Waals surface area contributed by atoms with Crippen LogP contribution in [0, 0.1) is 0 Å². The molecule has 3 nitrogen and oxygen atoms in total. The van der Waals surface area contributed by atoms with Crippen LogP contribution in [0.25, 0.3) is 0 Å². The maximum atomic E-state index is 9.58. The number of phenols is 1. The number of benzene rings is 2. The average molecular weight is 268 g/mol. The summed E-state index contributed by atoms with van der Waals surface area (Å²) in [5.74, 6) is 0.323. The topological polar surface area (TPSA) is 49.5 Å².